The minimum Gasteiger partial charge on any atom is -0.267 e. The van der Waals surface area contributed by atoms with Crippen molar-refractivity contribution >= 4 is 11.8 Å². The summed E-state index contributed by atoms with van der Waals surface area (Å²) in [4.78, 5) is 14.4. The second-order valence-corrected chi connectivity index (χ2v) is 7.77. The Labute approximate surface area is 181 Å². The fourth-order valence-electron chi connectivity index (χ4n) is 3.33. The van der Waals surface area contributed by atoms with Gasteiger partial charge in [-0.15, -0.1) is 11.8 Å². The summed E-state index contributed by atoms with van der Waals surface area (Å²) in [6, 6.07) is 16.8. The first-order valence-electron chi connectivity index (χ1n) is 9.42. The van der Waals surface area contributed by atoms with E-state index in [9.17, 15) is 18.0 Å². The van der Waals surface area contributed by atoms with Gasteiger partial charge in [-0.05, 0) is 53.8 Å². The van der Waals surface area contributed by atoms with Gasteiger partial charge in [0.05, 0.1) is 11.9 Å². The summed E-state index contributed by atoms with van der Waals surface area (Å²) in [7, 11) is 0. The van der Waals surface area contributed by atoms with E-state index in [-0.39, 0.29) is 12.1 Å². The molecule has 0 radical (unpaired) electrons. The Bertz CT molecular complexity index is 1300. The normalized spacial score (nSPS) is 11.0. The van der Waals surface area contributed by atoms with Gasteiger partial charge in [0.15, 0.2) is 11.6 Å². The van der Waals surface area contributed by atoms with Gasteiger partial charge in [0.2, 0.25) is 0 Å². The maximum absolute atomic E-state index is 13.7. The van der Waals surface area contributed by atoms with Crippen molar-refractivity contribution in [1.82, 2.24) is 9.78 Å². The maximum atomic E-state index is 13.7. The van der Waals surface area contributed by atoms with E-state index in [2.05, 4.69) is 5.10 Å². The van der Waals surface area contributed by atoms with E-state index >= 15 is 0 Å². The second-order valence-electron chi connectivity index (χ2n) is 6.89. The predicted octanol–water partition coefficient (Wildman–Crippen LogP) is 5.63. The highest BCUT2D eigenvalue weighted by atomic mass is 32.2. The standard InChI is InChI=1S/C24H17F3N2OS/c1-31-19-8-5-16(6-9-19)21-14-28-29(18-7-10-22(26)23(27)13-18)24(30)20(21)12-15-3-2-4-17(25)11-15/h2-11,13-14H,12H2,1H3. The number of thioether (sulfide) groups is 1. The average Bonchev–Trinajstić information content (AvgIpc) is 2.77. The molecule has 0 fully saturated rings. The molecule has 0 saturated heterocycles. The lowest BCUT2D eigenvalue weighted by Crippen LogP contribution is -2.26. The molecule has 1 aromatic heterocycles. The summed E-state index contributed by atoms with van der Waals surface area (Å²) in [6.07, 6.45) is 3.64. The minimum atomic E-state index is -1.07. The average molecular weight is 438 g/mol. The van der Waals surface area contributed by atoms with E-state index in [0.717, 1.165) is 27.3 Å². The lowest BCUT2D eigenvalue weighted by Gasteiger charge is -2.13. The van der Waals surface area contributed by atoms with E-state index in [1.807, 2.05) is 30.5 Å². The van der Waals surface area contributed by atoms with Crippen LogP contribution in [0.15, 0.2) is 82.6 Å². The van der Waals surface area contributed by atoms with Gasteiger partial charge in [-0.25, -0.2) is 13.2 Å². The van der Waals surface area contributed by atoms with Crippen LogP contribution in [-0.2, 0) is 6.42 Å². The van der Waals surface area contributed by atoms with Crippen molar-refractivity contribution in [2.45, 2.75) is 11.3 Å². The predicted molar refractivity (Wildman–Crippen MR) is 116 cm³/mol. The van der Waals surface area contributed by atoms with Crippen molar-refractivity contribution in [2.75, 3.05) is 6.26 Å². The van der Waals surface area contributed by atoms with Crippen LogP contribution in [0.2, 0.25) is 0 Å². The number of benzene rings is 3. The minimum absolute atomic E-state index is 0.105. The van der Waals surface area contributed by atoms with Crippen molar-refractivity contribution in [2.24, 2.45) is 0 Å². The fourth-order valence-corrected chi connectivity index (χ4v) is 3.74. The Morgan fingerprint density at radius 1 is 0.935 bits per heavy atom. The molecule has 0 bridgehead atoms. The van der Waals surface area contributed by atoms with Crippen LogP contribution in [0.3, 0.4) is 0 Å². The molecule has 3 aromatic carbocycles. The number of hydrogen-bond acceptors (Lipinski definition) is 3. The molecule has 0 aliphatic heterocycles. The summed E-state index contributed by atoms with van der Waals surface area (Å²) < 4.78 is 41.8. The van der Waals surface area contributed by atoms with E-state index in [1.165, 1.54) is 24.4 Å². The zero-order chi connectivity index (χ0) is 22.0. The SMILES string of the molecule is CSc1ccc(-c2cnn(-c3ccc(F)c(F)c3)c(=O)c2Cc2cccc(F)c2)cc1. The second kappa shape index (κ2) is 8.81. The molecule has 0 amide bonds. The molecular formula is C24H17F3N2OS. The molecular weight excluding hydrogens is 421 g/mol. The maximum Gasteiger partial charge on any atom is 0.275 e. The Hall–Kier alpha value is -3.32. The fraction of sp³-hybridized carbons (Fsp3) is 0.0833. The van der Waals surface area contributed by atoms with E-state index in [4.69, 9.17) is 0 Å². The number of rotatable bonds is 5. The molecule has 0 spiro atoms. The van der Waals surface area contributed by atoms with Crippen LogP contribution in [0, 0.1) is 17.5 Å². The molecule has 0 saturated carbocycles. The zero-order valence-electron chi connectivity index (χ0n) is 16.5. The third-order valence-electron chi connectivity index (χ3n) is 4.90. The third kappa shape index (κ3) is 4.41. The molecule has 0 atom stereocenters. The van der Waals surface area contributed by atoms with Gasteiger partial charge in [0, 0.05) is 28.5 Å². The van der Waals surface area contributed by atoms with Crippen LogP contribution < -0.4 is 5.56 Å². The van der Waals surface area contributed by atoms with Crippen LogP contribution in [0.4, 0.5) is 13.2 Å². The van der Waals surface area contributed by atoms with Gasteiger partial charge in [-0.2, -0.15) is 9.78 Å². The Kier molecular flexibility index (Phi) is 5.95. The Morgan fingerprint density at radius 2 is 1.71 bits per heavy atom. The van der Waals surface area contributed by atoms with Gasteiger partial charge >= 0.3 is 0 Å². The molecule has 156 valence electrons. The monoisotopic (exact) mass is 438 g/mol. The van der Waals surface area contributed by atoms with Crippen LogP contribution in [0.25, 0.3) is 16.8 Å². The summed E-state index contributed by atoms with van der Waals surface area (Å²) in [5.41, 5.74) is 1.99. The van der Waals surface area contributed by atoms with E-state index in [1.54, 1.807) is 23.9 Å². The molecule has 31 heavy (non-hydrogen) atoms. The highest BCUT2D eigenvalue weighted by molar-refractivity contribution is 7.98. The molecule has 0 unspecified atom stereocenters. The summed E-state index contributed by atoms with van der Waals surface area (Å²) in [5, 5.41) is 4.19. The highest BCUT2D eigenvalue weighted by Gasteiger charge is 2.16. The lowest BCUT2D eigenvalue weighted by molar-refractivity contribution is 0.507. The summed E-state index contributed by atoms with van der Waals surface area (Å²) in [6.45, 7) is 0. The van der Waals surface area contributed by atoms with Crippen molar-refractivity contribution in [3.63, 3.8) is 0 Å². The summed E-state index contributed by atoms with van der Waals surface area (Å²) >= 11 is 1.60. The van der Waals surface area contributed by atoms with Crippen molar-refractivity contribution in [3.8, 4) is 16.8 Å². The van der Waals surface area contributed by atoms with Crippen molar-refractivity contribution in [1.29, 1.82) is 0 Å². The number of nitrogens with zero attached hydrogens (tertiary/aromatic N) is 2. The third-order valence-corrected chi connectivity index (χ3v) is 5.64. The Balaban J connectivity index is 1.88. The lowest BCUT2D eigenvalue weighted by atomic mass is 9.97. The van der Waals surface area contributed by atoms with Gasteiger partial charge in [-0.3, -0.25) is 4.79 Å². The number of hydrogen-bond donors (Lipinski definition) is 0. The van der Waals surface area contributed by atoms with Gasteiger partial charge in [0.25, 0.3) is 5.56 Å². The van der Waals surface area contributed by atoms with Crippen LogP contribution in [-0.4, -0.2) is 16.0 Å². The molecule has 4 rings (SSSR count). The first-order chi connectivity index (χ1) is 15.0. The van der Waals surface area contributed by atoms with Gasteiger partial charge in [-0.1, -0.05) is 24.3 Å². The first kappa shape index (κ1) is 20.9. The number of halogens is 3. The summed E-state index contributed by atoms with van der Waals surface area (Å²) in [5.74, 6) is -2.49. The van der Waals surface area contributed by atoms with Crippen molar-refractivity contribution < 1.29 is 13.2 Å². The smallest absolute Gasteiger partial charge is 0.267 e. The molecule has 7 heteroatoms. The molecule has 0 aliphatic rings. The molecule has 0 aliphatic carbocycles. The van der Waals surface area contributed by atoms with Gasteiger partial charge < -0.3 is 0 Å². The molecule has 4 aromatic rings. The zero-order valence-corrected chi connectivity index (χ0v) is 17.3. The largest absolute Gasteiger partial charge is 0.275 e. The van der Waals surface area contributed by atoms with Crippen LogP contribution in [0.5, 0.6) is 0 Å². The molecule has 1 heterocycles. The molecule has 3 nitrogen and oxygen atoms in total. The van der Waals surface area contributed by atoms with Crippen LogP contribution in [0.1, 0.15) is 11.1 Å². The Morgan fingerprint density at radius 3 is 2.39 bits per heavy atom. The first-order valence-corrected chi connectivity index (χ1v) is 10.6. The van der Waals surface area contributed by atoms with Gasteiger partial charge in [0.1, 0.15) is 5.82 Å². The van der Waals surface area contributed by atoms with Crippen LogP contribution >= 0.6 is 11.8 Å². The van der Waals surface area contributed by atoms with Crippen molar-refractivity contribution in [3.05, 3.63) is 112 Å². The molecule has 0 N–H and O–H groups in total. The number of aromatic nitrogens is 2. The van der Waals surface area contributed by atoms with E-state index < -0.39 is 23.0 Å². The van der Waals surface area contributed by atoms with E-state index in [0.29, 0.717) is 16.7 Å². The quantitative estimate of drug-likeness (QED) is 0.379. The topological polar surface area (TPSA) is 34.9 Å². The highest BCUT2D eigenvalue weighted by Crippen LogP contribution is 2.26.